The molecule has 7 nitrogen and oxygen atoms in total. The maximum Gasteiger partial charge on any atom is 0.328 e. The van der Waals surface area contributed by atoms with Gasteiger partial charge in [0.2, 0.25) is 11.8 Å². The molecule has 158 valence electrons. The number of hydrogen-bond donors (Lipinski definition) is 1. The van der Waals surface area contributed by atoms with Crippen molar-refractivity contribution in [2.45, 2.75) is 25.8 Å². The molecule has 2 rings (SSSR count). The van der Waals surface area contributed by atoms with E-state index < -0.39 is 12.0 Å². The fraction of sp³-hybridized carbons (Fsp3) is 0.476. The highest BCUT2D eigenvalue weighted by atomic mass is 35.5. The van der Waals surface area contributed by atoms with E-state index in [4.69, 9.17) is 11.6 Å². The van der Waals surface area contributed by atoms with Crippen molar-refractivity contribution in [1.82, 2.24) is 10.2 Å². The zero-order valence-corrected chi connectivity index (χ0v) is 18.0. The molecule has 1 aromatic rings. The van der Waals surface area contributed by atoms with Crippen molar-refractivity contribution in [3.63, 3.8) is 0 Å². The smallest absolute Gasteiger partial charge is 0.328 e. The number of carbonyl (C=O) groups excluding carboxylic acids is 3. The van der Waals surface area contributed by atoms with Gasteiger partial charge < -0.3 is 19.9 Å². The molecule has 1 aliphatic heterocycles. The molecule has 0 spiro atoms. The zero-order chi connectivity index (χ0) is 21.6. The lowest BCUT2D eigenvalue weighted by molar-refractivity contribution is -0.145. The summed E-state index contributed by atoms with van der Waals surface area (Å²) in [7, 11) is 5.12. The van der Waals surface area contributed by atoms with Crippen LogP contribution in [0.2, 0.25) is 5.02 Å². The monoisotopic (exact) mass is 421 g/mol. The number of hydrogen-bond acceptors (Lipinski definition) is 5. The standard InChI is InChI=1S/C21H28ClN3O4/c1-14(21(28)29-4)23-20(27)16-9-11-25(12-10-16)19(26)8-6-15-5-7-18(24(2)3)17(22)13-15/h5-8,13-14,16H,9-12H2,1-4H3,(H,23,27)/b8-6+. The Morgan fingerprint density at radius 1 is 1.28 bits per heavy atom. The van der Waals surface area contributed by atoms with Crippen LogP contribution >= 0.6 is 11.6 Å². The fourth-order valence-electron chi connectivity index (χ4n) is 3.19. The van der Waals surface area contributed by atoms with Crippen molar-refractivity contribution < 1.29 is 19.1 Å². The Balaban J connectivity index is 1.87. The summed E-state index contributed by atoms with van der Waals surface area (Å²) in [6, 6.07) is 4.95. The predicted octanol–water partition coefficient (Wildman–Crippen LogP) is 2.34. The number of amides is 2. The van der Waals surface area contributed by atoms with E-state index in [9.17, 15) is 14.4 Å². The van der Waals surface area contributed by atoms with Gasteiger partial charge in [0.15, 0.2) is 0 Å². The number of nitrogens with one attached hydrogen (secondary N) is 1. The molecule has 1 aromatic carbocycles. The highest BCUT2D eigenvalue weighted by molar-refractivity contribution is 6.33. The summed E-state index contributed by atoms with van der Waals surface area (Å²) >= 11 is 6.26. The fourth-order valence-corrected chi connectivity index (χ4v) is 3.55. The first kappa shape index (κ1) is 22.7. The molecule has 1 unspecified atom stereocenters. The third-order valence-electron chi connectivity index (χ3n) is 4.96. The van der Waals surface area contributed by atoms with Gasteiger partial charge in [0, 0.05) is 39.2 Å². The summed E-state index contributed by atoms with van der Waals surface area (Å²) in [4.78, 5) is 39.8. The highest BCUT2D eigenvalue weighted by Gasteiger charge is 2.28. The van der Waals surface area contributed by atoms with Crippen LogP contribution in [-0.2, 0) is 19.1 Å². The third-order valence-corrected chi connectivity index (χ3v) is 5.27. The SMILES string of the molecule is COC(=O)C(C)NC(=O)C1CCN(C(=O)/C=C/c2ccc(N(C)C)c(Cl)c2)CC1. The highest BCUT2D eigenvalue weighted by Crippen LogP contribution is 2.26. The molecule has 0 aliphatic carbocycles. The van der Waals surface area contributed by atoms with Gasteiger partial charge in [-0.3, -0.25) is 9.59 Å². The Bertz CT molecular complexity index is 786. The Kier molecular flexibility index (Phi) is 8.08. The molecule has 0 radical (unpaired) electrons. The van der Waals surface area contributed by atoms with Crippen LogP contribution in [0.1, 0.15) is 25.3 Å². The van der Waals surface area contributed by atoms with E-state index >= 15 is 0 Å². The summed E-state index contributed by atoms with van der Waals surface area (Å²) in [6.07, 6.45) is 4.39. The minimum Gasteiger partial charge on any atom is -0.467 e. The average molecular weight is 422 g/mol. The molecule has 8 heteroatoms. The summed E-state index contributed by atoms with van der Waals surface area (Å²) in [5.74, 6) is -0.969. The normalized spacial score (nSPS) is 15.8. The minimum atomic E-state index is -0.680. The molecule has 0 bridgehead atoms. The van der Waals surface area contributed by atoms with Gasteiger partial charge in [-0.05, 0) is 43.5 Å². The largest absolute Gasteiger partial charge is 0.467 e. The third kappa shape index (κ3) is 6.22. The topological polar surface area (TPSA) is 79.0 Å². The van der Waals surface area contributed by atoms with Crippen molar-refractivity contribution in [2.75, 3.05) is 39.2 Å². The second-order valence-electron chi connectivity index (χ2n) is 7.29. The molecule has 29 heavy (non-hydrogen) atoms. The van der Waals surface area contributed by atoms with E-state index in [1.165, 1.54) is 13.2 Å². The lowest BCUT2D eigenvalue weighted by Crippen LogP contribution is -2.46. The number of carbonyl (C=O) groups is 3. The van der Waals surface area contributed by atoms with Crippen LogP contribution in [0.3, 0.4) is 0 Å². The molecule has 1 aliphatic rings. The number of anilines is 1. The summed E-state index contributed by atoms with van der Waals surface area (Å²) < 4.78 is 4.61. The molecule has 2 amide bonds. The first-order chi connectivity index (χ1) is 13.7. The van der Waals surface area contributed by atoms with E-state index in [1.807, 2.05) is 37.2 Å². The molecule has 1 N–H and O–H groups in total. The van der Waals surface area contributed by atoms with Crippen molar-refractivity contribution in [1.29, 1.82) is 0 Å². The molecule has 1 saturated heterocycles. The number of rotatable bonds is 6. The Hall–Kier alpha value is -2.54. The molecule has 0 aromatic heterocycles. The van der Waals surface area contributed by atoms with Crippen molar-refractivity contribution >= 4 is 41.1 Å². The predicted molar refractivity (Wildman–Crippen MR) is 114 cm³/mol. The van der Waals surface area contributed by atoms with Crippen LogP contribution in [-0.4, -0.2) is 63.0 Å². The number of methoxy groups -OCH3 is 1. The molecule has 1 heterocycles. The van der Waals surface area contributed by atoms with Gasteiger partial charge in [-0.1, -0.05) is 17.7 Å². The van der Waals surface area contributed by atoms with Crippen LogP contribution in [0.5, 0.6) is 0 Å². The number of esters is 1. The zero-order valence-electron chi connectivity index (χ0n) is 17.3. The number of ether oxygens (including phenoxy) is 1. The van der Waals surface area contributed by atoms with Gasteiger partial charge in [0.25, 0.3) is 0 Å². The van der Waals surface area contributed by atoms with E-state index in [1.54, 1.807) is 17.9 Å². The first-order valence-electron chi connectivity index (χ1n) is 9.55. The quantitative estimate of drug-likeness (QED) is 0.563. The van der Waals surface area contributed by atoms with E-state index in [-0.39, 0.29) is 17.7 Å². The van der Waals surface area contributed by atoms with E-state index in [2.05, 4.69) is 10.1 Å². The average Bonchev–Trinajstić information content (AvgIpc) is 2.71. The van der Waals surface area contributed by atoms with Gasteiger partial charge in [-0.25, -0.2) is 4.79 Å². The summed E-state index contributed by atoms with van der Waals surface area (Å²) in [5, 5.41) is 3.28. The van der Waals surface area contributed by atoms with E-state index in [0.717, 1.165) is 11.3 Å². The molecule has 1 fully saturated rings. The van der Waals surface area contributed by atoms with Gasteiger partial charge in [-0.2, -0.15) is 0 Å². The Morgan fingerprint density at radius 3 is 2.48 bits per heavy atom. The first-order valence-corrected chi connectivity index (χ1v) is 9.92. The molecular weight excluding hydrogens is 394 g/mol. The summed E-state index contributed by atoms with van der Waals surface area (Å²) in [6.45, 7) is 2.58. The number of benzene rings is 1. The number of piperidine rings is 1. The van der Waals surface area contributed by atoms with Crippen LogP contribution in [0.25, 0.3) is 6.08 Å². The van der Waals surface area contributed by atoms with Crippen LogP contribution in [0.4, 0.5) is 5.69 Å². The molecule has 0 saturated carbocycles. The Morgan fingerprint density at radius 2 is 1.93 bits per heavy atom. The van der Waals surface area contributed by atoms with Crippen molar-refractivity contribution in [3.8, 4) is 0 Å². The van der Waals surface area contributed by atoms with Gasteiger partial charge in [0.1, 0.15) is 6.04 Å². The van der Waals surface area contributed by atoms with Crippen LogP contribution in [0, 0.1) is 5.92 Å². The van der Waals surface area contributed by atoms with Crippen LogP contribution in [0.15, 0.2) is 24.3 Å². The molecular formula is C21H28ClN3O4. The lowest BCUT2D eigenvalue weighted by Gasteiger charge is -2.31. The van der Waals surface area contributed by atoms with Crippen molar-refractivity contribution in [3.05, 3.63) is 34.9 Å². The number of halogens is 1. The maximum absolute atomic E-state index is 12.5. The number of nitrogens with zero attached hydrogens (tertiary/aromatic N) is 2. The molecule has 1 atom stereocenters. The minimum absolute atomic E-state index is 0.0976. The Labute approximate surface area is 176 Å². The lowest BCUT2D eigenvalue weighted by atomic mass is 9.95. The maximum atomic E-state index is 12.5. The summed E-state index contributed by atoms with van der Waals surface area (Å²) in [5.41, 5.74) is 1.76. The number of likely N-dealkylation sites (tertiary alicyclic amines) is 1. The van der Waals surface area contributed by atoms with Gasteiger partial charge in [0.05, 0.1) is 17.8 Å². The second kappa shape index (κ2) is 10.3. The second-order valence-corrected chi connectivity index (χ2v) is 7.70. The van der Waals surface area contributed by atoms with Crippen molar-refractivity contribution in [2.24, 2.45) is 5.92 Å². The van der Waals surface area contributed by atoms with Gasteiger partial charge in [-0.15, -0.1) is 0 Å². The van der Waals surface area contributed by atoms with Crippen LogP contribution < -0.4 is 10.2 Å². The van der Waals surface area contributed by atoms with E-state index in [0.29, 0.717) is 31.0 Å². The van der Waals surface area contributed by atoms with Gasteiger partial charge >= 0.3 is 5.97 Å².